The van der Waals surface area contributed by atoms with Crippen molar-refractivity contribution in [2.75, 3.05) is 0 Å². The molecule has 0 spiro atoms. The van der Waals surface area contributed by atoms with E-state index in [0.29, 0.717) is 11.6 Å². The topological polar surface area (TPSA) is 61.8 Å². The summed E-state index contributed by atoms with van der Waals surface area (Å²) < 4.78 is 1.69. The molecule has 0 aromatic carbocycles. The van der Waals surface area contributed by atoms with Crippen LogP contribution >= 0.6 is 11.6 Å². The molecule has 1 heterocycles. The number of halogens is 1. The number of hydrogen-bond acceptors (Lipinski definition) is 3. The number of aliphatic hydroxyl groups is 1. The van der Waals surface area contributed by atoms with Crippen molar-refractivity contribution in [3.8, 4) is 6.07 Å². The van der Waals surface area contributed by atoms with Crippen molar-refractivity contribution in [2.45, 2.75) is 62.0 Å². The fourth-order valence-electron chi connectivity index (χ4n) is 3.31. The third-order valence-electron chi connectivity index (χ3n) is 5.00. The zero-order chi connectivity index (χ0) is 15.6. The number of nitriles is 1. The van der Waals surface area contributed by atoms with Gasteiger partial charge < -0.3 is 9.67 Å². The molecule has 1 atom stereocenters. The summed E-state index contributed by atoms with van der Waals surface area (Å²) in [5, 5.41) is 20.3. The summed E-state index contributed by atoms with van der Waals surface area (Å²) in [7, 11) is 0. The molecule has 2 saturated carbocycles. The van der Waals surface area contributed by atoms with E-state index in [-0.39, 0.29) is 6.54 Å². The first-order valence-electron chi connectivity index (χ1n) is 8.07. The van der Waals surface area contributed by atoms with Gasteiger partial charge in [-0.25, -0.2) is 4.98 Å². The highest BCUT2D eigenvalue weighted by Crippen LogP contribution is 2.52. The molecular weight excluding hydrogens is 298 g/mol. The standard InChI is InChI=1S/C17H22ClN3O/c18-16(8-9-16)17(22,7-6-14-4-2-1-3-5-14)12-21-13-20-11-15(21)10-19/h6-7,11,13-14,22H,1-5,8-9,12H2. The molecule has 1 unspecified atom stereocenters. The molecule has 5 heteroatoms. The van der Waals surface area contributed by atoms with Crippen LogP contribution in [-0.2, 0) is 6.54 Å². The van der Waals surface area contributed by atoms with Gasteiger partial charge in [-0.1, -0.05) is 31.4 Å². The summed E-state index contributed by atoms with van der Waals surface area (Å²) in [4.78, 5) is 3.39. The Morgan fingerprint density at radius 2 is 2.18 bits per heavy atom. The molecule has 0 aliphatic heterocycles. The maximum Gasteiger partial charge on any atom is 0.140 e. The number of hydrogen-bond donors (Lipinski definition) is 1. The van der Waals surface area contributed by atoms with Crippen molar-refractivity contribution in [1.82, 2.24) is 9.55 Å². The Balaban J connectivity index is 1.79. The normalized spacial score (nSPS) is 24.0. The first kappa shape index (κ1) is 15.6. The Hall–Kier alpha value is -1.31. The second kappa shape index (κ2) is 6.06. The Morgan fingerprint density at radius 1 is 1.45 bits per heavy atom. The lowest BCUT2D eigenvalue weighted by Crippen LogP contribution is -2.43. The number of aromatic nitrogens is 2. The first-order chi connectivity index (χ1) is 10.6. The van der Waals surface area contributed by atoms with Crippen LogP contribution in [0.5, 0.6) is 0 Å². The van der Waals surface area contributed by atoms with Gasteiger partial charge in [0.05, 0.1) is 23.9 Å². The van der Waals surface area contributed by atoms with Crippen molar-refractivity contribution >= 4 is 11.6 Å². The predicted molar refractivity (Wildman–Crippen MR) is 85.4 cm³/mol. The number of allylic oxidation sites excluding steroid dienone is 1. The van der Waals surface area contributed by atoms with Gasteiger partial charge in [0, 0.05) is 0 Å². The quantitative estimate of drug-likeness (QED) is 0.668. The van der Waals surface area contributed by atoms with Crippen LogP contribution in [0.4, 0.5) is 0 Å². The van der Waals surface area contributed by atoms with Gasteiger partial charge in [-0.05, 0) is 31.6 Å². The average molecular weight is 320 g/mol. The number of nitrogens with zero attached hydrogens (tertiary/aromatic N) is 3. The predicted octanol–water partition coefficient (Wildman–Crippen LogP) is 3.39. The van der Waals surface area contributed by atoms with Gasteiger partial charge in [0.1, 0.15) is 17.4 Å². The lowest BCUT2D eigenvalue weighted by Gasteiger charge is -2.31. The van der Waals surface area contributed by atoms with Crippen molar-refractivity contribution in [1.29, 1.82) is 5.26 Å². The van der Waals surface area contributed by atoms with Crippen LogP contribution in [0.25, 0.3) is 0 Å². The highest BCUT2D eigenvalue weighted by Gasteiger charge is 2.56. The summed E-state index contributed by atoms with van der Waals surface area (Å²) in [6.45, 7) is 0.280. The average Bonchev–Trinajstić information content (AvgIpc) is 3.14. The Kier molecular flexibility index (Phi) is 4.29. The largest absolute Gasteiger partial charge is 0.382 e. The minimum Gasteiger partial charge on any atom is -0.382 e. The minimum atomic E-state index is -1.13. The molecule has 0 bridgehead atoms. The van der Waals surface area contributed by atoms with Crippen LogP contribution in [0.15, 0.2) is 24.7 Å². The van der Waals surface area contributed by atoms with Crippen molar-refractivity contribution in [3.05, 3.63) is 30.4 Å². The van der Waals surface area contributed by atoms with Gasteiger partial charge in [0.15, 0.2) is 0 Å². The minimum absolute atomic E-state index is 0.280. The van der Waals surface area contributed by atoms with E-state index in [1.807, 2.05) is 6.08 Å². The van der Waals surface area contributed by atoms with Crippen LogP contribution < -0.4 is 0 Å². The second-order valence-electron chi connectivity index (χ2n) is 6.67. The van der Waals surface area contributed by atoms with Gasteiger partial charge in [-0.2, -0.15) is 5.26 Å². The van der Waals surface area contributed by atoms with Crippen molar-refractivity contribution in [2.24, 2.45) is 5.92 Å². The SMILES string of the molecule is N#Cc1cncn1CC(O)(C=CC1CCCCC1)C1(Cl)CC1. The third-order valence-corrected chi connectivity index (χ3v) is 5.70. The zero-order valence-corrected chi connectivity index (χ0v) is 13.5. The second-order valence-corrected chi connectivity index (χ2v) is 7.39. The molecular formula is C17H22ClN3O. The molecule has 4 nitrogen and oxygen atoms in total. The molecule has 2 aliphatic rings. The van der Waals surface area contributed by atoms with Gasteiger partial charge in [0.25, 0.3) is 0 Å². The summed E-state index contributed by atoms with van der Waals surface area (Å²) in [6, 6.07) is 2.10. The fraction of sp³-hybridized carbons (Fsp3) is 0.647. The highest BCUT2D eigenvalue weighted by atomic mass is 35.5. The maximum absolute atomic E-state index is 11.2. The van der Waals surface area contributed by atoms with Gasteiger partial charge in [-0.3, -0.25) is 0 Å². The smallest absolute Gasteiger partial charge is 0.140 e. The summed E-state index contributed by atoms with van der Waals surface area (Å²) >= 11 is 6.56. The monoisotopic (exact) mass is 319 g/mol. The van der Waals surface area contributed by atoms with Crippen LogP contribution in [0.3, 0.4) is 0 Å². The van der Waals surface area contributed by atoms with E-state index >= 15 is 0 Å². The number of alkyl halides is 1. The Labute approximate surface area is 136 Å². The number of rotatable bonds is 5. The van der Waals surface area contributed by atoms with E-state index in [2.05, 4.69) is 17.1 Å². The van der Waals surface area contributed by atoms with Gasteiger partial charge in [0.2, 0.25) is 0 Å². The molecule has 0 saturated heterocycles. The molecule has 1 aromatic rings. The molecule has 1 N–H and O–H groups in total. The van der Waals surface area contributed by atoms with Gasteiger partial charge >= 0.3 is 0 Å². The molecule has 118 valence electrons. The van der Waals surface area contributed by atoms with Crippen LogP contribution in [-0.4, -0.2) is 25.1 Å². The van der Waals surface area contributed by atoms with Gasteiger partial charge in [-0.15, -0.1) is 11.6 Å². The summed E-state index contributed by atoms with van der Waals surface area (Å²) in [6.07, 6.45) is 15.0. The van der Waals surface area contributed by atoms with Crippen LogP contribution in [0.2, 0.25) is 0 Å². The molecule has 2 aliphatic carbocycles. The van der Waals surface area contributed by atoms with E-state index in [1.54, 1.807) is 10.9 Å². The summed E-state index contributed by atoms with van der Waals surface area (Å²) in [5.74, 6) is 0.539. The van der Waals surface area contributed by atoms with E-state index in [0.717, 1.165) is 12.8 Å². The molecule has 1 aromatic heterocycles. The van der Waals surface area contributed by atoms with Crippen molar-refractivity contribution in [3.63, 3.8) is 0 Å². The highest BCUT2D eigenvalue weighted by molar-refractivity contribution is 6.27. The number of imidazole rings is 1. The molecule has 22 heavy (non-hydrogen) atoms. The van der Waals surface area contributed by atoms with E-state index < -0.39 is 10.5 Å². The van der Waals surface area contributed by atoms with E-state index in [4.69, 9.17) is 16.9 Å². The first-order valence-corrected chi connectivity index (χ1v) is 8.45. The van der Waals surface area contributed by atoms with Crippen LogP contribution in [0, 0.1) is 17.2 Å². The Morgan fingerprint density at radius 3 is 2.82 bits per heavy atom. The lowest BCUT2D eigenvalue weighted by molar-refractivity contribution is 0.0584. The fourth-order valence-corrected chi connectivity index (χ4v) is 3.53. The summed E-state index contributed by atoms with van der Waals surface area (Å²) in [5.41, 5.74) is -0.677. The Bertz CT molecular complexity index is 593. The molecule has 3 rings (SSSR count). The van der Waals surface area contributed by atoms with Crippen molar-refractivity contribution < 1.29 is 5.11 Å². The third kappa shape index (κ3) is 3.06. The zero-order valence-electron chi connectivity index (χ0n) is 12.7. The molecule has 0 radical (unpaired) electrons. The molecule has 2 fully saturated rings. The van der Waals surface area contributed by atoms with E-state index in [9.17, 15) is 5.11 Å². The molecule has 0 amide bonds. The lowest BCUT2D eigenvalue weighted by atomic mass is 9.86. The van der Waals surface area contributed by atoms with E-state index in [1.165, 1.54) is 38.3 Å². The van der Waals surface area contributed by atoms with Crippen LogP contribution in [0.1, 0.15) is 50.6 Å². The maximum atomic E-state index is 11.2.